The molecule has 0 atom stereocenters. The van der Waals surface area contributed by atoms with Crippen LogP contribution in [0.15, 0.2) is 76.0 Å². The zero-order valence-corrected chi connectivity index (χ0v) is 16.7. The molecule has 5 nitrogen and oxygen atoms in total. The third-order valence-corrected chi connectivity index (χ3v) is 6.05. The van der Waals surface area contributed by atoms with E-state index in [1.54, 1.807) is 4.57 Å². The van der Waals surface area contributed by atoms with Crippen molar-refractivity contribution in [2.24, 2.45) is 0 Å². The van der Waals surface area contributed by atoms with Crippen LogP contribution in [-0.2, 0) is 4.79 Å². The van der Waals surface area contributed by atoms with Gasteiger partial charge in [0.2, 0.25) is 5.91 Å². The Morgan fingerprint density at radius 1 is 1.11 bits per heavy atom. The number of carbonyl (C=O) groups excluding carboxylic acids is 1. The Balaban J connectivity index is 1.64. The van der Waals surface area contributed by atoms with E-state index < -0.39 is 0 Å². The summed E-state index contributed by atoms with van der Waals surface area (Å²) in [6, 6.07) is 18.8. The molecule has 28 heavy (non-hydrogen) atoms. The maximum Gasteiger partial charge on any atom is 0.276 e. The molecule has 2 aromatic heterocycles. The van der Waals surface area contributed by atoms with Gasteiger partial charge in [-0.25, -0.2) is 4.98 Å². The lowest BCUT2D eigenvalue weighted by Gasteiger charge is -2.12. The summed E-state index contributed by atoms with van der Waals surface area (Å²) in [6.45, 7) is 1.95. The van der Waals surface area contributed by atoms with Gasteiger partial charge in [0.25, 0.3) is 5.56 Å². The molecule has 0 unspecified atom stereocenters. The lowest BCUT2D eigenvalue weighted by Crippen LogP contribution is -2.22. The number of nitrogens with zero attached hydrogens (tertiary/aromatic N) is 2. The Kier molecular flexibility index (Phi) is 5.27. The lowest BCUT2D eigenvalue weighted by molar-refractivity contribution is -0.113. The predicted molar refractivity (Wildman–Crippen MR) is 116 cm³/mol. The number of hydrogen-bond acceptors (Lipinski definition) is 5. The van der Waals surface area contributed by atoms with Crippen molar-refractivity contribution in [1.82, 2.24) is 9.55 Å². The zero-order chi connectivity index (χ0) is 19.5. The standard InChI is InChI=1S/C21H17N3O2S2/c1-14-7-5-6-10-16(14)22-18(25)13-28-21-23-17-11-12-27-19(17)20(26)24(21)15-8-3-2-4-9-15/h2-12H,13H2,1H3,(H,22,25). The number of fused-ring (bicyclic) bond motifs is 1. The van der Waals surface area contributed by atoms with Crippen LogP contribution >= 0.6 is 23.1 Å². The van der Waals surface area contributed by atoms with Gasteiger partial charge in [-0.05, 0) is 42.1 Å². The molecule has 0 spiro atoms. The van der Waals surface area contributed by atoms with E-state index in [1.807, 2.05) is 73.0 Å². The number of anilines is 1. The fourth-order valence-corrected chi connectivity index (χ4v) is 4.40. The summed E-state index contributed by atoms with van der Waals surface area (Å²) < 4.78 is 2.18. The highest BCUT2D eigenvalue weighted by Crippen LogP contribution is 2.24. The molecule has 0 radical (unpaired) electrons. The second-order valence-corrected chi connectivity index (χ2v) is 8.02. The summed E-state index contributed by atoms with van der Waals surface area (Å²) in [5, 5.41) is 5.27. The van der Waals surface area contributed by atoms with Crippen LogP contribution in [0.1, 0.15) is 5.56 Å². The number of benzene rings is 2. The molecule has 4 aromatic rings. The number of thiophene rings is 1. The Morgan fingerprint density at radius 2 is 1.86 bits per heavy atom. The van der Waals surface area contributed by atoms with Crippen LogP contribution in [0.5, 0.6) is 0 Å². The van der Waals surface area contributed by atoms with E-state index in [0.29, 0.717) is 15.4 Å². The van der Waals surface area contributed by atoms with Crippen LogP contribution in [0, 0.1) is 6.92 Å². The van der Waals surface area contributed by atoms with E-state index in [4.69, 9.17) is 0 Å². The van der Waals surface area contributed by atoms with Gasteiger partial charge in [-0.1, -0.05) is 48.2 Å². The van der Waals surface area contributed by atoms with E-state index in [-0.39, 0.29) is 17.2 Å². The van der Waals surface area contributed by atoms with Crippen molar-refractivity contribution in [1.29, 1.82) is 0 Å². The van der Waals surface area contributed by atoms with Crippen LogP contribution in [0.25, 0.3) is 15.9 Å². The topological polar surface area (TPSA) is 64.0 Å². The van der Waals surface area contributed by atoms with E-state index in [9.17, 15) is 9.59 Å². The number of aryl methyl sites for hydroxylation is 1. The molecular formula is C21H17N3O2S2. The van der Waals surface area contributed by atoms with Gasteiger partial charge in [-0.15, -0.1) is 11.3 Å². The highest BCUT2D eigenvalue weighted by atomic mass is 32.2. The first kappa shape index (κ1) is 18.5. The molecule has 7 heteroatoms. The van der Waals surface area contributed by atoms with E-state index in [0.717, 1.165) is 16.9 Å². The minimum Gasteiger partial charge on any atom is -0.325 e. The highest BCUT2D eigenvalue weighted by molar-refractivity contribution is 7.99. The van der Waals surface area contributed by atoms with Gasteiger partial charge in [0, 0.05) is 5.69 Å². The van der Waals surface area contributed by atoms with Gasteiger partial charge >= 0.3 is 0 Å². The highest BCUT2D eigenvalue weighted by Gasteiger charge is 2.15. The normalized spacial score (nSPS) is 10.9. The summed E-state index contributed by atoms with van der Waals surface area (Å²) in [6.07, 6.45) is 0. The van der Waals surface area contributed by atoms with E-state index in [1.165, 1.54) is 23.1 Å². The van der Waals surface area contributed by atoms with Gasteiger partial charge in [0.1, 0.15) is 4.70 Å². The number of para-hydroxylation sites is 2. The van der Waals surface area contributed by atoms with E-state index in [2.05, 4.69) is 10.3 Å². The molecule has 0 aliphatic rings. The number of thioether (sulfide) groups is 1. The summed E-state index contributed by atoms with van der Waals surface area (Å²) in [5.41, 5.74) is 3.06. The molecule has 0 fully saturated rings. The second kappa shape index (κ2) is 8.00. The molecule has 0 bridgehead atoms. The predicted octanol–water partition coefficient (Wildman–Crippen LogP) is 4.49. The van der Waals surface area contributed by atoms with Gasteiger partial charge in [-0.3, -0.25) is 14.2 Å². The van der Waals surface area contributed by atoms with Crippen LogP contribution in [0.4, 0.5) is 5.69 Å². The third-order valence-electron chi connectivity index (χ3n) is 4.22. The third kappa shape index (κ3) is 3.72. The molecule has 4 rings (SSSR count). The van der Waals surface area contributed by atoms with Gasteiger partial charge < -0.3 is 5.32 Å². The number of rotatable bonds is 5. The number of aromatic nitrogens is 2. The summed E-state index contributed by atoms with van der Waals surface area (Å²) in [5.74, 6) is 0.0158. The molecule has 0 saturated heterocycles. The Bertz CT molecular complexity index is 1200. The summed E-state index contributed by atoms with van der Waals surface area (Å²) in [4.78, 5) is 30.1. The SMILES string of the molecule is Cc1ccccc1NC(=O)CSc1nc2ccsc2c(=O)n1-c1ccccc1. The lowest BCUT2D eigenvalue weighted by atomic mass is 10.2. The van der Waals surface area contributed by atoms with Gasteiger partial charge in [-0.2, -0.15) is 0 Å². The molecule has 2 aromatic carbocycles. The van der Waals surface area contributed by atoms with Crippen LogP contribution in [0.2, 0.25) is 0 Å². The fourth-order valence-electron chi connectivity index (χ4n) is 2.82. The average molecular weight is 408 g/mol. The minimum atomic E-state index is -0.140. The largest absolute Gasteiger partial charge is 0.325 e. The van der Waals surface area contributed by atoms with Gasteiger partial charge in [0.15, 0.2) is 5.16 Å². The van der Waals surface area contributed by atoms with Gasteiger partial charge in [0.05, 0.1) is 17.0 Å². The summed E-state index contributed by atoms with van der Waals surface area (Å²) >= 11 is 2.63. The Morgan fingerprint density at radius 3 is 2.64 bits per heavy atom. The number of amides is 1. The quantitative estimate of drug-likeness (QED) is 0.391. The molecule has 2 heterocycles. The molecule has 0 aliphatic carbocycles. The number of nitrogens with one attached hydrogen (secondary N) is 1. The van der Waals surface area contributed by atoms with Crippen LogP contribution in [0.3, 0.4) is 0 Å². The zero-order valence-electron chi connectivity index (χ0n) is 15.1. The second-order valence-electron chi connectivity index (χ2n) is 6.16. The first-order valence-corrected chi connectivity index (χ1v) is 10.5. The molecule has 1 amide bonds. The first-order chi connectivity index (χ1) is 13.6. The van der Waals surface area contributed by atoms with Crippen molar-refractivity contribution < 1.29 is 4.79 Å². The maximum absolute atomic E-state index is 13.0. The van der Waals surface area contributed by atoms with Crippen LogP contribution in [-0.4, -0.2) is 21.2 Å². The van der Waals surface area contributed by atoms with Crippen molar-refractivity contribution in [2.45, 2.75) is 12.1 Å². The number of carbonyl (C=O) groups is 1. The van der Waals surface area contributed by atoms with Crippen LogP contribution < -0.4 is 10.9 Å². The number of hydrogen-bond donors (Lipinski definition) is 1. The first-order valence-electron chi connectivity index (χ1n) is 8.67. The molecule has 1 N–H and O–H groups in total. The molecule has 140 valence electrons. The van der Waals surface area contributed by atoms with Crippen molar-refractivity contribution in [2.75, 3.05) is 11.1 Å². The minimum absolute atomic E-state index is 0.118. The molecule has 0 saturated carbocycles. The van der Waals surface area contributed by atoms with E-state index >= 15 is 0 Å². The molecular weight excluding hydrogens is 390 g/mol. The average Bonchev–Trinajstić information content (AvgIpc) is 3.18. The fraction of sp³-hybridized carbons (Fsp3) is 0.0952. The summed E-state index contributed by atoms with van der Waals surface area (Å²) in [7, 11) is 0. The Hall–Kier alpha value is -2.90. The van der Waals surface area contributed by atoms with Crippen molar-refractivity contribution in [3.63, 3.8) is 0 Å². The van der Waals surface area contributed by atoms with Crippen molar-refractivity contribution in [3.05, 3.63) is 82.0 Å². The monoisotopic (exact) mass is 407 g/mol. The molecule has 0 aliphatic heterocycles. The smallest absolute Gasteiger partial charge is 0.276 e. The van der Waals surface area contributed by atoms with Crippen molar-refractivity contribution >= 4 is 44.9 Å². The maximum atomic E-state index is 13.0. The van der Waals surface area contributed by atoms with Crippen molar-refractivity contribution in [3.8, 4) is 5.69 Å². The Labute approximate surface area is 170 Å².